The third-order valence-electron chi connectivity index (χ3n) is 1.11. The average molecular weight is 143 g/mol. The maximum atomic E-state index is 3.67. The highest BCUT2D eigenvalue weighted by atomic mass is 32.2. The van der Waals surface area contributed by atoms with Gasteiger partial charge in [-0.25, -0.2) is 0 Å². The molecular weight excluding hydrogens is 128 g/mol. The lowest BCUT2D eigenvalue weighted by Crippen LogP contribution is -1.68. The summed E-state index contributed by atoms with van der Waals surface area (Å²) >= 11 is 1.62. The Morgan fingerprint density at radius 1 is 1.44 bits per heavy atom. The van der Waals surface area contributed by atoms with Gasteiger partial charge in [0, 0.05) is 12.0 Å². The van der Waals surface area contributed by atoms with Crippen LogP contribution in [0.3, 0.4) is 0 Å². The highest BCUT2D eigenvalue weighted by Crippen LogP contribution is 1.98. The van der Waals surface area contributed by atoms with Crippen molar-refractivity contribution in [3.8, 4) is 0 Å². The zero-order chi connectivity index (χ0) is 6.95. The largest absolute Gasteiger partial charge is 0.157 e. The molecule has 0 N–H and O–H groups in total. The van der Waals surface area contributed by atoms with E-state index in [1.54, 1.807) is 11.8 Å². The highest BCUT2D eigenvalue weighted by Gasteiger charge is 1.76. The molecule has 0 aliphatic rings. The van der Waals surface area contributed by atoms with Crippen molar-refractivity contribution in [3.63, 3.8) is 0 Å². The Balaban J connectivity index is 2.86. The average Bonchev–Trinajstić information content (AvgIpc) is 1.89. The maximum Gasteiger partial charge on any atom is 0.0113 e. The number of unbranched alkanes of at least 4 members (excludes halogenated alkanes) is 2. The first-order valence-corrected chi connectivity index (χ1v) is 4.59. The summed E-state index contributed by atoms with van der Waals surface area (Å²) in [6, 6.07) is 0. The van der Waals surface area contributed by atoms with E-state index < -0.39 is 0 Å². The fraction of sp³-hybridized carbons (Fsp3) is 0.625. The van der Waals surface area contributed by atoms with Crippen LogP contribution in [0.1, 0.15) is 26.2 Å². The molecule has 0 aliphatic carbocycles. The van der Waals surface area contributed by atoms with E-state index in [4.69, 9.17) is 0 Å². The summed E-state index contributed by atoms with van der Waals surface area (Å²) in [4.78, 5) is 0. The number of allylic oxidation sites excluding steroid dienone is 1. The zero-order valence-corrected chi connectivity index (χ0v) is 6.91. The van der Waals surface area contributed by atoms with Gasteiger partial charge >= 0.3 is 0 Å². The van der Waals surface area contributed by atoms with Gasteiger partial charge in [0.1, 0.15) is 0 Å². The molecule has 0 rings (SSSR count). The van der Waals surface area contributed by atoms with Crippen LogP contribution in [-0.4, -0.2) is 5.75 Å². The second-order valence-corrected chi connectivity index (χ2v) is 2.73. The smallest absolute Gasteiger partial charge is 0.0113 e. The second kappa shape index (κ2) is 8.09. The first kappa shape index (κ1) is 9.09. The normalized spacial score (nSPS) is 10.9. The van der Waals surface area contributed by atoms with Gasteiger partial charge in [-0.1, -0.05) is 31.9 Å². The third kappa shape index (κ3) is 8.09. The predicted molar refractivity (Wildman–Crippen MR) is 46.5 cm³/mol. The van der Waals surface area contributed by atoms with Gasteiger partial charge in [0.15, 0.2) is 0 Å². The van der Waals surface area contributed by atoms with Crippen LogP contribution in [0.15, 0.2) is 12.2 Å². The zero-order valence-electron chi connectivity index (χ0n) is 6.10. The predicted octanol–water partition coefficient (Wildman–Crippen LogP) is 3.26. The Kier molecular flexibility index (Phi) is 8.17. The van der Waals surface area contributed by atoms with Gasteiger partial charge in [0.05, 0.1) is 0 Å². The van der Waals surface area contributed by atoms with E-state index in [-0.39, 0.29) is 0 Å². The van der Waals surface area contributed by atoms with Gasteiger partial charge in [-0.05, 0) is 6.42 Å². The Morgan fingerprint density at radius 3 is 2.78 bits per heavy atom. The van der Waals surface area contributed by atoms with Crippen molar-refractivity contribution >= 4 is 11.8 Å². The van der Waals surface area contributed by atoms with Crippen LogP contribution in [0.4, 0.5) is 0 Å². The van der Waals surface area contributed by atoms with Crippen molar-refractivity contribution in [1.29, 1.82) is 0 Å². The molecule has 0 unspecified atom stereocenters. The molecule has 0 aromatic carbocycles. The number of rotatable bonds is 5. The minimum absolute atomic E-state index is 1.06. The molecule has 0 bridgehead atoms. The molecule has 53 valence electrons. The van der Waals surface area contributed by atoms with Crippen molar-refractivity contribution in [1.82, 2.24) is 0 Å². The van der Waals surface area contributed by atoms with Crippen molar-refractivity contribution < 1.29 is 0 Å². The minimum Gasteiger partial charge on any atom is -0.157 e. The third-order valence-corrected chi connectivity index (χ3v) is 1.53. The Morgan fingerprint density at radius 2 is 2.22 bits per heavy atom. The molecule has 0 saturated heterocycles. The molecule has 0 nitrogen and oxygen atoms in total. The molecular formula is C8H15S. The Bertz CT molecular complexity index is 67.0. The van der Waals surface area contributed by atoms with Crippen molar-refractivity contribution in [3.05, 3.63) is 18.4 Å². The topological polar surface area (TPSA) is 0 Å². The van der Waals surface area contributed by atoms with Crippen LogP contribution in [0.5, 0.6) is 0 Å². The summed E-state index contributed by atoms with van der Waals surface area (Å²) in [6.07, 6.45) is 11.9. The number of hydrogen-bond acceptors (Lipinski definition) is 1. The first-order chi connectivity index (χ1) is 4.41. The highest BCUT2D eigenvalue weighted by molar-refractivity contribution is 8.00. The molecule has 1 radical (unpaired) electrons. The molecule has 9 heavy (non-hydrogen) atoms. The van der Waals surface area contributed by atoms with Crippen LogP contribution in [0, 0.1) is 6.26 Å². The van der Waals surface area contributed by atoms with Crippen LogP contribution in [-0.2, 0) is 0 Å². The molecule has 0 aromatic rings. The lowest BCUT2D eigenvalue weighted by molar-refractivity contribution is 0.814. The van der Waals surface area contributed by atoms with E-state index in [0.717, 1.165) is 5.75 Å². The van der Waals surface area contributed by atoms with Crippen LogP contribution in [0.25, 0.3) is 0 Å². The van der Waals surface area contributed by atoms with E-state index in [1.165, 1.54) is 19.3 Å². The minimum atomic E-state index is 1.06. The molecule has 0 spiro atoms. The fourth-order valence-electron chi connectivity index (χ4n) is 0.576. The second-order valence-electron chi connectivity index (χ2n) is 1.98. The molecule has 0 aliphatic heterocycles. The van der Waals surface area contributed by atoms with E-state index in [0.29, 0.717) is 0 Å². The van der Waals surface area contributed by atoms with Crippen LogP contribution in [0.2, 0.25) is 0 Å². The van der Waals surface area contributed by atoms with Gasteiger partial charge in [0.2, 0.25) is 0 Å². The lowest BCUT2D eigenvalue weighted by Gasteiger charge is -1.87. The van der Waals surface area contributed by atoms with E-state index in [2.05, 4.69) is 25.3 Å². The van der Waals surface area contributed by atoms with Crippen LogP contribution < -0.4 is 0 Å². The standard InChI is InChI=1S/C8H15S/c1-3-4-5-6-7-8-9-2/h6-7H,2-5,8H2,1H3. The molecule has 0 aromatic heterocycles. The molecule has 0 heterocycles. The van der Waals surface area contributed by atoms with Gasteiger partial charge in [-0.2, -0.15) is 11.8 Å². The van der Waals surface area contributed by atoms with Gasteiger partial charge in [-0.15, -0.1) is 0 Å². The summed E-state index contributed by atoms with van der Waals surface area (Å²) in [5, 5.41) is 0. The SMILES string of the molecule is [CH2]SCC=CCCCC. The van der Waals surface area contributed by atoms with Crippen molar-refractivity contribution in [2.45, 2.75) is 26.2 Å². The van der Waals surface area contributed by atoms with E-state index in [9.17, 15) is 0 Å². The lowest BCUT2D eigenvalue weighted by atomic mass is 10.2. The Labute approximate surface area is 62.7 Å². The van der Waals surface area contributed by atoms with Gasteiger partial charge in [0.25, 0.3) is 0 Å². The molecule has 0 amide bonds. The van der Waals surface area contributed by atoms with Gasteiger partial charge in [-0.3, -0.25) is 0 Å². The Hall–Kier alpha value is 0.0900. The van der Waals surface area contributed by atoms with Gasteiger partial charge < -0.3 is 0 Å². The van der Waals surface area contributed by atoms with E-state index in [1.807, 2.05) is 0 Å². The first-order valence-electron chi connectivity index (χ1n) is 3.43. The molecule has 0 fully saturated rings. The molecule has 1 heteroatoms. The molecule has 0 saturated carbocycles. The van der Waals surface area contributed by atoms with Crippen LogP contribution >= 0.6 is 11.8 Å². The van der Waals surface area contributed by atoms with Crippen molar-refractivity contribution in [2.24, 2.45) is 0 Å². The number of thioether (sulfide) groups is 1. The summed E-state index contributed by atoms with van der Waals surface area (Å²) in [7, 11) is 0. The maximum absolute atomic E-state index is 3.67. The monoisotopic (exact) mass is 143 g/mol. The van der Waals surface area contributed by atoms with Crippen molar-refractivity contribution in [2.75, 3.05) is 5.75 Å². The summed E-state index contributed by atoms with van der Waals surface area (Å²) in [6.45, 7) is 2.21. The summed E-state index contributed by atoms with van der Waals surface area (Å²) in [5.41, 5.74) is 0. The van der Waals surface area contributed by atoms with E-state index >= 15 is 0 Å². The quantitative estimate of drug-likeness (QED) is 0.420. The fourth-order valence-corrected chi connectivity index (χ4v) is 0.848. The molecule has 0 atom stereocenters. The summed E-state index contributed by atoms with van der Waals surface area (Å²) in [5.74, 6) is 1.06. The number of hydrogen-bond donors (Lipinski definition) is 0. The summed E-state index contributed by atoms with van der Waals surface area (Å²) < 4.78 is 0.